The number of methoxy groups -OCH3 is 1. The minimum absolute atomic E-state index is 0.0128. The van der Waals surface area contributed by atoms with E-state index < -0.39 is 0 Å². The molecule has 23 heavy (non-hydrogen) atoms. The molecule has 3 rings (SSSR count). The van der Waals surface area contributed by atoms with E-state index in [9.17, 15) is 9.59 Å². The topological polar surface area (TPSA) is 49.9 Å². The number of carbonyl (C=O) groups excluding carboxylic acids is 2. The van der Waals surface area contributed by atoms with Gasteiger partial charge in [0.1, 0.15) is 0 Å². The normalized spacial score (nSPS) is 25.3. The Kier molecular flexibility index (Phi) is 5.20. The summed E-state index contributed by atoms with van der Waals surface area (Å²) in [6.07, 6.45) is 3.34. The molecule has 2 fully saturated rings. The highest BCUT2D eigenvalue weighted by atomic mass is 32.1. The minimum Gasteiger partial charge on any atom is -0.469 e. The van der Waals surface area contributed by atoms with Crippen molar-refractivity contribution in [2.24, 2.45) is 11.8 Å². The van der Waals surface area contributed by atoms with Crippen LogP contribution in [0.15, 0.2) is 17.5 Å². The third kappa shape index (κ3) is 3.68. The average molecular weight is 336 g/mol. The van der Waals surface area contributed by atoms with Crippen molar-refractivity contribution in [2.45, 2.75) is 25.7 Å². The van der Waals surface area contributed by atoms with Crippen molar-refractivity contribution < 1.29 is 14.3 Å². The summed E-state index contributed by atoms with van der Waals surface area (Å²) in [6, 6.07) is 4.19. The lowest BCUT2D eigenvalue weighted by atomic mass is 9.80. The van der Waals surface area contributed by atoms with Crippen molar-refractivity contribution in [2.75, 3.05) is 38.2 Å². The van der Waals surface area contributed by atoms with E-state index in [1.54, 1.807) is 11.3 Å². The molecule has 5 nitrogen and oxygen atoms in total. The van der Waals surface area contributed by atoms with Gasteiger partial charge in [-0.2, -0.15) is 0 Å². The molecule has 1 aromatic rings. The molecule has 1 saturated carbocycles. The average Bonchev–Trinajstić information content (AvgIpc) is 3.15. The molecule has 1 amide bonds. The van der Waals surface area contributed by atoms with Crippen molar-refractivity contribution in [3.8, 4) is 0 Å². The number of nitrogens with zero attached hydrogens (tertiary/aromatic N) is 2. The van der Waals surface area contributed by atoms with Crippen LogP contribution in [0.25, 0.3) is 0 Å². The smallest absolute Gasteiger partial charge is 0.308 e. The predicted molar refractivity (Wildman–Crippen MR) is 90.6 cm³/mol. The van der Waals surface area contributed by atoms with Gasteiger partial charge in [0.05, 0.1) is 18.0 Å². The third-order valence-corrected chi connectivity index (χ3v) is 5.90. The number of carbonyl (C=O) groups is 2. The number of esters is 1. The van der Waals surface area contributed by atoms with E-state index in [0.717, 1.165) is 45.4 Å². The molecule has 0 radical (unpaired) electrons. The summed E-state index contributed by atoms with van der Waals surface area (Å²) in [5, 5.41) is 3.36. The van der Waals surface area contributed by atoms with Gasteiger partial charge in [-0.15, -0.1) is 11.3 Å². The second-order valence-electron chi connectivity index (χ2n) is 6.35. The van der Waals surface area contributed by atoms with Gasteiger partial charge in [0.15, 0.2) is 0 Å². The molecule has 1 saturated heterocycles. The molecule has 1 aromatic heterocycles. The summed E-state index contributed by atoms with van der Waals surface area (Å²) in [7, 11) is 1.43. The molecule has 2 atom stereocenters. The number of anilines is 1. The number of amides is 1. The van der Waals surface area contributed by atoms with Crippen LogP contribution >= 0.6 is 11.3 Å². The first-order chi connectivity index (χ1) is 11.2. The van der Waals surface area contributed by atoms with Gasteiger partial charge in [0.2, 0.25) is 5.91 Å². The fourth-order valence-electron chi connectivity index (χ4n) is 3.65. The van der Waals surface area contributed by atoms with Gasteiger partial charge in [0, 0.05) is 32.1 Å². The second kappa shape index (κ2) is 7.34. The summed E-state index contributed by atoms with van der Waals surface area (Å²) >= 11 is 1.74. The first kappa shape index (κ1) is 16.3. The standard InChI is InChI=1S/C17H24N2O3S/c1-22-17(21)14-5-2-4-13(12-14)16(20)19-9-7-18(8-10-19)15-6-3-11-23-15/h3,6,11,13-14H,2,4-5,7-10,12H2,1H3. The van der Waals surface area contributed by atoms with Crippen molar-refractivity contribution >= 4 is 28.2 Å². The monoisotopic (exact) mass is 336 g/mol. The number of hydrogen-bond acceptors (Lipinski definition) is 5. The van der Waals surface area contributed by atoms with Crippen LogP contribution in [0.5, 0.6) is 0 Å². The molecule has 0 aromatic carbocycles. The molecular formula is C17H24N2O3S. The Labute approximate surface area is 141 Å². The van der Waals surface area contributed by atoms with E-state index >= 15 is 0 Å². The van der Waals surface area contributed by atoms with Crippen LogP contribution in [-0.2, 0) is 14.3 Å². The number of thiophene rings is 1. The zero-order valence-electron chi connectivity index (χ0n) is 13.6. The van der Waals surface area contributed by atoms with Crippen molar-refractivity contribution in [1.82, 2.24) is 4.90 Å². The van der Waals surface area contributed by atoms with Crippen molar-refractivity contribution in [3.63, 3.8) is 0 Å². The van der Waals surface area contributed by atoms with Gasteiger partial charge < -0.3 is 14.5 Å². The highest BCUT2D eigenvalue weighted by Gasteiger charge is 2.34. The zero-order valence-corrected chi connectivity index (χ0v) is 14.4. The largest absolute Gasteiger partial charge is 0.469 e. The van der Waals surface area contributed by atoms with Crippen molar-refractivity contribution in [1.29, 1.82) is 0 Å². The highest BCUT2D eigenvalue weighted by molar-refractivity contribution is 7.14. The van der Waals surface area contributed by atoms with Gasteiger partial charge in [-0.3, -0.25) is 9.59 Å². The number of hydrogen-bond donors (Lipinski definition) is 0. The van der Waals surface area contributed by atoms with Crippen LogP contribution in [0.3, 0.4) is 0 Å². The van der Waals surface area contributed by atoms with E-state index in [4.69, 9.17) is 4.74 Å². The maximum absolute atomic E-state index is 12.8. The molecule has 6 heteroatoms. The molecule has 2 heterocycles. The first-order valence-electron chi connectivity index (χ1n) is 8.34. The summed E-state index contributed by atoms with van der Waals surface area (Å²) < 4.78 is 4.85. The van der Waals surface area contributed by atoms with Crippen LogP contribution in [0.2, 0.25) is 0 Å². The van der Waals surface area contributed by atoms with Crippen LogP contribution in [0.4, 0.5) is 5.00 Å². The Bertz CT molecular complexity index is 538. The fourth-order valence-corrected chi connectivity index (χ4v) is 4.44. The van der Waals surface area contributed by atoms with E-state index in [-0.39, 0.29) is 23.7 Å². The number of ether oxygens (including phenoxy) is 1. The Morgan fingerprint density at radius 2 is 1.91 bits per heavy atom. The SMILES string of the molecule is COC(=O)C1CCCC(C(=O)N2CCN(c3cccs3)CC2)C1. The predicted octanol–water partition coefficient (Wildman–Crippen LogP) is 2.38. The van der Waals surface area contributed by atoms with Crippen LogP contribution in [0, 0.1) is 11.8 Å². The van der Waals surface area contributed by atoms with Gasteiger partial charge in [-0.25, -0.2) is 0 Å². The summed E-state index contributed by atoms with van der Waals surface area (Å²) in [5.41, 5.74) is 0. The lowest BCUT2D eigenvalue weighted by molar-refractivity contribution is -0.148. The molecular weight excluding hydrogens is 312 g/mol. The van der Waals surface area contributed by atoms with Crippen LogP contribution < -0.4 is 4.90 Å². The van der Waals surface area contributed by atoms with Gasteiger partial charge in [-0.05, 0) is 36.8 Å². The Hall–Kier alpha value is -1.56. The lowest BCUT2D eigenvalue weighted by Gasteiger charge is -2.38. The molecule has 0 N–H and O–H groups in total. The van der Waals surface area contributed by atoms with E-state index in [2.05, 4.69) is 22.4 Å². The molecule has 1 aliphatic heterocycles. The maximum atomic E-state index is 12.8. The molecule has 2 unspecified atom stereocenters. The lowest BCUT2D eigenvalue weighted by Crippen LogP contribution is -2.50. The summed E-state index contributed by atoms with van der Waals surface area (Å²) in [6.45, 7) is 3.32. The van der Waals surface area contributed by atoms with E-state index in [1.165, 1.54) is 12.1 Å². The highest BCUT2D eigenvalue weighted by Crippen LogP contribution is 2.31. The molecule has 0 bridgehead atoms. The molecule has 1 aliphatic carbocycles. The second-order valence-corrected chi connectivity index (χ2v) is 7.27. The third-order valence-electron chi connectivity index (χ3n) is 4.97. The van der Waals surface area contributed by atoms with E-state index in [0.29, 0.717) is 6.42 Å². The Morgan fingerprint density at radius 3 is 2.57 bits per heavy atom. The Morgan fingerprint density at radius 1 is 1.17 bits per heavy atom. The first-order valence-corrected chi connectivity index (χ1v) is 9.22. The van der Waals surface area contributed by atoms with Crippen LogP contribution in [0.1, 0.15) is 25.7 Å². The van der Waals surface area contributed by atoms with Gasteiger partial charge in [0.25, 0.3) is 0 Å². The number of piperazine rings is 1. The number of rotatable bonds is 3. The molecule has 126 valence electrons. The summed E-state index contributed by atoms with van der Waals surface area (Å²) in [4.78, 5) is 28.8. The fraction of sp³-hybridized carbons (Fsp3) is 0.647. The molecule has 2 aliphatic rings. The van der Waals surface area contributed by atoms with Crippen molar-refractivity contribution in [3.05, 3.63) is 17.5 Å². The van der Waals surface area contributed by atoms with Gasteiger partial charge in [-0.1, -0.05) is 6.42 Å². The Balaban J connectivity index is 1.53. The van der Waals surface area contributed by atoms with Gasteiger partial charge >= 0.3 is 5.97 Å². The van der Waals surface area contributed by atoms with E-state index in [1.807, 2.05) is 4.90 Å². The summed E-state index contributed by atoms with van der Waals surface area (Å²) in [5.74, 6) is -0.0503. The molecule has 0 spiro atoms. The maximum Gasteiger partial charge on any atom is 0.308 e. The zero-order chi connectivity index (χ0) is 16.2. The minimum atomic E-state index is -0.162. The van der Waals surface area contributed by atoms with Crippen LogP contribution in [-0.4, -0.2) is 50.1 Å². The quantitative estimate of drug-likeness (QED) is 0.795.